The number of methoxy groups -OCH3 is 1. The van der Waals surface area contributed by atoms with E-state index in [2.05, 4.69) is 85.3 Å². The van der Waals surface area contributed by atoms with Crippen LogP contribution in [0.2, 0.25) is 0 Å². The summed E-state index contributed by atoms with van der Waals surface area (Å²) in [6, 6.07) is 16.0. The van der Waals surface area contributed by atoms with Gasteiger partial charge in [-0.05, 0) is 50.5 Å². The van der Waals surface area contributed by atoms with Gasteiger partial charge in [-0.25, -0.2) is 0 Å². The average molecular weight is 405 g/mol. The molecule has 0 radical (unpaired) electrons. The summed E-state index contributed by atoms with van der Waals surface area (Å²) in [4.78, 5) is 4.85. The largest absolute Gasteiger partial charge is 0.496 e. The molecule has 0 aromatic heterocycles. The van der Waals surface area contributed by atoms with E-state index in [1.165, 1.54) is 43.5 Å². The zero-order valence-corrected chi connectivity index (χ0v) is 19.0. The van der Waals surface area contributed by atoms with Crippen molar-refractivity contribution in [1.29, 1.82) is 0 Å². The van der Waals surface area contributed by atoms with E-state index in [0.717, 1.165) is 24.4 Å². The molecule has 2 aromatic carbocycles. The summed E-state index contributed by atoms with van der Waals surface area (Å²) in [5, 5.41) is 0. The fourth-order valence-corrected chi connectivity index (χ4v) is 5.76. The van der Waals surface area contributed by atoms with Gasteiger partial charge >= 0.3 is 0 Å². The molecule has 1 unspecified atom stereocenters. The number of para-hydroxylation sites is 1. The summed E-state index contributed by atoms with van der Waals surface area (Å²) in [6.45, 7) is 6.40. The molecule has 0 bridgehead atoms. The number of anilines is 2. The minimum atomic E-state index is 0.245. The lowest BCUT2D eigenvalue weighted by atomic mass is 9.66. The molecular formula is C27H36N2O. The number of hydrogen-bond donors (Lipinski definition) is 0. The van der Waals surface area contributed by atoms with Crippen LogP contribution < -0.4 is 14.5 Å². The topological polar surface area (TPSA) is 15.7 Å². The lowest BCUT2D eigenvalue weighted by Crippen LogP contribution is -2.43. The van der Waals surface area contributed by atoms with Crippen molar-refractivity contribution >= 4 is 17.5 Å². The number of benzene rings is 2. The Labute approximate surface area is 182 Å². The highest BCUT2D eigenvalue weighted by atomic mass is 16.5. The van der Waals surface area contributed by atoms with Gasteiger partial charge in [0.25, 0.3) is 0 Å². The maximum Gasteiger partial charge on any atom is 0.128 e. The van der Waals surface area contributed by atoms with Crippen LogP contribution in [0.25, 0.3) is 6.08 Å². The Kier molecular flexibility index (Phi) is 6.08. The molecule has 2 aromatic rings. The quantitative estimate of drug-likeness (QED) is 0.564. The van der Waals surface area contributed by atoms with E-state index >= 15 is 0 Å². The third-order valence-corrected chi connectivity index (χ3v) is 7.35. The van der Waals surface area contributed by atoms with Crippen LogP contribution in [0.15, 0.2) is 48.5 Å². The van der Waals surface area contributed by atoms with Crippen molar-refractivity contribution < 1.29 is 4.74 Å². The molecule has 1 spiro atoms. The molecule has 1 aliphatic heterocycles. The number of ether oxygens (including phenoxy) is 1. The molecule has 30 heavy (non-hydrogen) atoms. The molecule has 2 aliphatic rings. The molecule has 0 saturated heterocycles. The van der Waals surface area contributed by atoms with Crippen LogP contribution in [0.3, 0.4) is 0 Å². The smallest absolute Gasteiger partial charge is 0.128 e. The number of rotatable bonds is 6. The average Bonchev–Trinajstić information content (AvgIpc) is 3.01. The zero-order valence-electron chi connectivity index (χ0n) is 19.0. The van der Waals surface area contributed by atoms with Crippen LogP contribution >= 0.6 is 0 Å². The Morgan fingerprint density at radius 1 is 1.07 bits per heavy atom. The van der Waals surface area contributed by atoms with E-state index in [0.29, 0.717) is 6.04 Å². The van der Waals surface area contributed by atoms with Gasteiger partial charge in [-0.1, -0.05) is 49.6 Å². The lowest BCUT2D eigenvalue weighted by molar-refractivity contribution is 0.280. The summed E-state index contributed by atoms with van der Waals surface area (Å²) in [6.07, 6.45) is 11.3. The Morgan fingerprint density at radius 3 is 2.50 bits per heavy atom. The van der Waals surface area contributed by atoms with Crippen molar-refractivity contribution in [3.8, 4) is 5.75 Å². The number of likely N-dealkylation sites (N-methyl/N-ethyl adjacent to an activating group) is 1. The molecule has 0 N–H and O–H groups in total. The molecule has 1 saturated carbocycles. The van der Waals surface area contributed by atoms with Gasteiger partial charge in [0.2, 0.25) is 0 Å². The molecule has 1 atom stereocenters. The first-order valence-corrected chi connectivity index (χ1v) is 11.6. The molecule has 1 heterocycles. The first-order valence-electron chi connectivity index (χ1n) is 11.6. The molecule has 0 amide bonds. The molecule has 4 rings (SSSR count). The monoisotopic (exact) mass is 404 g/mol. The number of hydrogen-bond acceptors (Lipinski definition) is 3. The first kappa shape index (κ1) is 20.8. The molecular weight excluding hydrogens is 368 g/mol. The second kappa shape index (κ2) is 8.75. The Bertz CT molecular complexity index is 893. The second-order valence-electron chi connectivity index (χ2n) is 8.75. The highest BCUT2D eigenvalue weighted by Crippen LogP contribution is 2.53. The van der Waals surface area contributed by atoms with E-state index < -0.39 is 0 Å². The third kappa shape index (κ3) is 3.49. The summed E-state index contributed by atoms with van der Waals surface area (Å²) in [7, 11) is 4.04. The predicted molar refractivity (Wildman–Crippen MR) is 129 cm³/mol. The minimum absolute atomic E-state index is 0.245. The predicted octanol–water partition coefficient (Wildman–Crippen LogP) is 6.28. The summed E-state index contributed by atoms with van der Waals surface area (Å²) in [5.41, 5.74) is 5.57. The van der Waals surface area contributed by atoms with Gasteiger partial charge in [-0.15, -0.1) is 0 Å². The van der Waals surface area contributed by atoms with Crippen LogP contribution in [0, 0.1) is 0 Å². The van der Waals surface area contributed by atoms with Crippen LogP contribution in [0.1, 0.15) is 57.1 Å². The lowest BCUT2D eigenvalue weighted by Gasteiger charge is -2.40. The molecule has 1 aliphatic carbocycles. The highest BCUT2D eigenvalue weighted by Gasteiger charge is 2.48. The molecule has 3 heteroatoms. The maximum absolute atomic E-state index is 5.77. The SMILES string of the molecule is CCN(CC)c1ccc(/C=C/C2N(C)c3ccccc3C23CCCCC3)c(OC)c1. The third-order valence-electron chi connectivity index (χ3n) is 7.35. The highest BCUT2D eigenvalue weighted by molar-refractivity contribution is 5.69. The van der Waals surface area contributed by atoms with E-state index in [4.69, 9.17) is 4.74 Å². The fourth-order valence-electron chi connectivity index (χ4n) is 5.76. The van der Waals surface area contributed by atoms with Gasteiger partial charge in [0.1, 0.15) is 5.75 Å². The van der Waals surface area contributed by atoms with Gasteiger partial charge in [0.15, 0.2) is 0 Å². The van der Waals surface area contributed by atoms with Crippen LogP contribution in [0.4, 0.5) is 11.4 Å². The maximum atomic E-state index is 5.77. The van der Waals surface area contributed by atoms with Crippen LogP contribution in [-0.2, 0) is 5.41 Å². The van der Waals surface area contributed by atoms with E-state index in [1.54, 1.807) is 12.7 Å². The van der Waals surface area contributed by atoms with Crippen molar-refractivity contribution in [2.45, 2.75) is 57.4 Å². The summed E-state index contributed by atoms with van der Waals surface area (Å²) >= 11 is 0. The van der Waals surface area contributed by atoms with E-state index in [-0.39, 0.29) is 5.41 Å². The van der Waals surface area contributed by atoms with Gasteiger partial charge in [0, 0.05) is 48.6 Å². The summed E-state index contributed by atoms with van der Waals surface area (Å²) in [5.74, 6) is 0.950. The second-order valence-corrected chi connectivity index (χ2v) is 8.75. The van der Waals surface area contributed by atoms with Crippen LogP contribution in [0.5, 0.6) is 5.75 Å². The minimum Gasteiger partial charge on any atom is -0.496 e. The number of nitrogens with zero attached hydrogens (tertiary/aromatic N) is 2. The Morgan fingerprint density at radius 2 is 1.80 bits per heavy atom. The normalized spacial score (nSPS) is 20.0. The van der Waals surface area contributed by atoms with Gasteiger partial charge in [-0.3, -0.25) is 0 Å². The Balaban J connectivity index is 1.68. The Hall–Kier alpha value is -2.42. The first-order chi connectivity index (χ1) is 14.6. The van der Waals surface area contributed by atoms with E-state index in [1.807, 2.05) is 0 Å². The standard InChI is InChI=1S/C27H36N2O/c1-5-29(6-2)22-16-14-21(25(20-22)30-4)15-17-26-27(18-10-7-11-19-27)23-12-8-9-13-24(23)28(26)3/h8-9,12-17,20,26H,5-7,10-11,18-19H2,1-4H3/b17-15+. The number of fused-ring (bicyclic) bond motifs is 2. The van der Waals surface area contributed by atoms with Crippen molar-refractivity contribution in [3.05, 3.63) is 59.7 Å². The zero-order chi connectivity index (χ0) is 21.1. The van der Waals surface area contributed by atoms with Crippen molar-refractivity contribution in [3.63, 3.8) is 0 Å². The van der Waals surface area contributed by atoms with Crippen LogP contribution in [-0.4, -0.2) is 33.3 Å². The van der Waals surface area contributed by atoms with Gasteiger partial charge < -0.3 is 14.5 Å². The fraction of sp³-hybridized carbons (Fsp3) is 0.481. The van der Waals surface area contributed by atoms with E-state index in [9.17, 15) is 0 Å². The van der Waals surface area contributed by atoms with Crippen molar-refractivity contribution in [2.24, 2.45) is 0 Å². The van der Waals surface area contributed by atoms with Crippen molar-refractivity contribution in [1.82, 2.24) is 0 Å². The molecule has 1 fully saturated rings. The summed E-state index contributed by atoms with van der Waals surface area (Å²) < 4.78 is 5.77. The van der Waals surface area contributed by atoms with Gasteiger partial charge in [0.05, 0.1) is 13.2 Å². The van der Waals surface area contributed by atoms with Crippen molar-refractivity contribution in [2.75, 3.05) is 37.0 Å². The molecule has 160 valence electrons. The van der Waals surface area contributed by atoms with Gasteiger partial charge in [-0.2, -0.15) is 0 Å². The molecule has 3 nitrogen and oxygen atoms in total.